The van der Waals surface area contributed by atoms with Crippen LogP contribution in [0.4, 0.5) is 0 Å². The Morgan fingerprint density at radius 3 is 2.42 bits per heavy atom. The summed E-state index contributed by atoms with van der Waals surface area (Å²) < 4.78 is 0. The highest BCUT2D eigenvalue weighted by atomic mass is 16.3. The van der Waals surface area contributed by atoms with E-state index >= 15 is 0 Å². The van der Waals surface area contributed by atoms with Gasteiger partial charge < -0.3 is 15.3 Å². The number of aliphatic hydroxyl groups excluding tert-OH is 2. The van der Waals surface area contributed by atoms with Crippen molar-refractivity contribution in [3.63, 3.8) is 0 Å². The first-order chi connectivity index (χ1) is 8.83. The first-order valence-corrected chi connectivity index (χ1v) is 6.49. The van der Waals surface area contributed by atoms with E-state index in [2.05, 4.69) is 13.5 Å². The van der Waals surface area contributed by atoms with Gasteiger partial charge in [-0.3, -0.25) is 0 Å². The molecule has 0 spiro atoms. The van der Waals surface area contributed by atoms with E-state index in [-0.39, 0.29) is 6.61 Å². The van der Waals surface area contributed by atoms with Crippen molar-refractivity contribution in [3.8, 4) is 0 Å². The predicted octanol–water partition coefficient (Wildman–Crippen LogP) is 2.36. The molecule has 0 heterocycles. The van der Waals surface area contributed by atoms with E-state index in [0.29, 0.717) is 5.92 Å². The Morgan fingerprint density at radius 2 is 1.89 bits per heavy atom. The zero-order valence-corrected chi connectivity index (χ0v) is 12.1. The van der Waals surface area contributed by atoms with Gasteiger partial charge in [0.25, 0.3) is 0 Å². The zero-order valence-electron chi connectivity index (χ0n) is 12.1. The van der Waals surface area contributed by atoms with Crippen LogP contribution in [0, 0.1) is 5.92 Å². The maximum Gasteiger partial charge on any atom is 0.109 e. The average Bonchev–Trinajstić information content (AvgIpc) is 2.34. The summed E-state index contributed by atoms with van der Waals surface area (Å²) in [5.41, 5.74) is -0.158. The van der Waals surface area contributed by atoms with E-state index in [4.69, 9.17) is 5.11 Å². The highest BCUT2D eigenvalue weighted by molar-refractivity contribution is 5.13. The van der Waals surface area contributed by atoms with Crippen LogP contribution >= 0.6 is 0 Å². The molecule has 3 heteroatoms. The van der Waals surface area contributed by atoms with Crippen molar-refractivity contribution >= 4 is 0 Å². The molecule has 0 aromatic heterocycles. The van der Waals surface area contributed by atoms with Crippen LogP contribution in [0.2, 0.25) is 0 Å². The Morgan fingerprint density at radius 1 is 1.32 bits per heavy atom. The lowest BCUT2D eigenvalue weighted by Crippen LogP contribution is -2.35. The van der Waals surface area contributed by atoms with Gasteiger partial charge >= 0.3 is 0 Å². The number of allylic oxidation sites excluding steroid dienone is 4. The van der Waals surface area contributed by atoms with Crippen LogP contribution in [0.3, 0.4) is 0 Å². The van der Waals surface area contributed by atoms with Gasteiger partial charge in [0.2, 0.25) is 0 Å². The highest BCUT2D eigenvalue weighted by Gasteiger charge is 2.23. The summed E-state index contributed by atoms with van der Waals surface area (Å²) in [7, 11) is 0. The number of hydrogen-bond donors (Lipinski definition) is 3. The van der Waals surface area contributed by atoms with Crippen LogP contribution in [0.1, 0.15) is 27.2 Å². The standard InChI is InChI=1S/C16H26O3/c1-5-16(4,19)15(18)9-7-6-8-13(2)12-14(3)10-11-17/h5-10,13,15,17-19H,1,11-12H2,2-4H3/b8-6+,9-7+,14-10+/t13-,15+,16-/m0/s1. The summed E-state index contributed by atoms with van der Waals surface area (Å²) in [5, 5.41) is 28.1. The lowest BCUT2D eigenvalue weighted by atomic mass is 9.98. The molecule has 108 valence electrons. The molecule has 0 aliphatic heterocycles. The molecule has 0 fully saturated rings. The Balaban J connectivity index is 4.29. The van der Waals surface area contributed by atoms with Crippen molar-refractivity contribution in [2.45, 2.75) is 38.9 Å². The third-order valence-corrected chi connectivity index (χ3v) is 2.94. The van der Waals surface area contributed by atoms with Gasteiger partial charge in [0.15, 0.2) is 0 Å². The van der Waals surface area contributed by atoms with E-state index in [0.717, 1.165) is 12.0 Å². The second-order valence-corrected chi connectivity index (χ2v) is 5.06. The molecule has 0 saturated carbocycles. The van der Waals surface area contributed by atoms with Crippen LogP contribution in [-0.2, 0) is 0 Å². The summed E-state index contributed by atoms with van der Waals surface area (Å²) in [6.45, 7) is 9.12. The molecule has 0 aliphatic rings. The number of hydrogen-bond acceptors (Lipinski definition) is 3. The molecule has 19 heavy (non-hydrogen) atoms. The smallest absolute Gasteiger partial charge is 0.109 e. The summed E-state index contributed by atoms with van der Waals surface area (Å²) in [6.07, 6.45) is 10.1. The molecule has 0 aliphatic carbocycles. The maximum atomic E-state index is 9.70. The minimum atomic E-state index is -1.31. The largest absolute Gasteiger partial charge is 0.392 e. The summed E-state index contributed by atoms with van der Waals surface area (Å²) in [6, 6.07) is 0. The first kappa shape index (κ1) is 17.8. The highest BCUT2D eigenvalue weighted by Crippen LogP contribution is 2.13. The molecule has 0 amide bonds. The van der Waals surface area contributed by atoms with Gasteiger partial charge in [0, 0.05) is 0 Å². The minimum Gasteiger partial charge on any atom is -0.392 e. The van der Waals surface area contributed by atoms with E-state index in [1.54, 1.807) is 12.2 Å². The topological polar surface area (TPSA) is 60.7 Å². The summed E-state index contributed by atoms with van der Waals surface area (Å²) >= 11 is 0. The fourth-order valence-electron chi connectivity index (χ4n) is 1.55. The lowest BCUT2D eigenvalue weighted by molar-refractivity contribution is 0.000915. The van der Waals surface area contributed by atoms with Crippen LogP contribution in [0.5, 0.6) is 0 Å². The van der Waals surface area contributed by atoms with Crippen LogP contribution in [0.15, 0.2) is 48.6 Å². The molecular formula is C16H26O3. The number of aliphatic hydroxyl groups is 3. The Kier molecular flexibility index (Phi) is 8.32. The van der Waals surface area contributed by atoms with Crippen LogP contribution in [-0.4, -0.2) is 33.6 Å². The fraction of sp³-hybridized carbons (Fsp3) is 0.500. The molecule has 0 rings (SSSR count). The van der Waals surface area contributed by atoms with Gasteiger partial charge in [-0.15, -0.1) is 6.58 Å². The third-order valence-electron chi connectivity index (χ3n) is 2.94. The summed E-state index contributed by atoms with van der Waals surface area (Å²) in [5.74, 6) is 0.351. The van der Waals surface area contributed by atoms with Gasteiger partial charge in [0.1, 0.15) is 11.7 Å². The lowest BCUT2D eigenvalue weighted by Gasteiger charge is -2.22. The second-order valence-electron chi connectivity index (χ2n) is 5.06. The number of rotatable bonds is 8. The van der Waals surface area contributed by atoms with Gasteiger partial charge in [-0.05, 0) is 26.2 Å². The molecule has 0 unspecified atom stereocenters. The van der Waals surface area contributed by atoms with Crippen molar-refractivity contribution in [2.75, 3.05) is 6.61 Å². The normalized spacial score (nSPS) is 19.6. The zero-order chi connectivity index (χ0) is 14.9. The SMILES string of the molecule is C=C[C@](C)(O)[C@H](O)/C=C/C=C/[C@H](C)C/C(C)=C/CO. The molecule has 3 nitrogen and oxygen atoms in total. The van der Waals surface area contributed by atoms with Gasteiger partial charge in [-0.1, -0.05) is 49.0 Å². The molecular weight excluding hydrogens is 240 g/mol. The first-order valence-electron chi connectivity index (χ1n) is 6.49. The Bertz CT molecular complexity index is 351. The van der Waals surface area contributed by atoms with E-state index in [1.807, 2.05) is 19.1 Å². The van der Waals surface area contributed by atoms with Crippen molar-refractivity contribution in [3.05, 3.63) is 48.6 Å². The summed E-state index contributed by atoms with van der Waals surface area (Å²) in [4.78, 5) is 0. The monoisotopic (exact) mass is 266 g/mol. The predicted molar refractivity (Wildman–Crippen MR) is 79.7 cm³/mol. The van der Waals surface area contributed by atoms with Crippen LogP contribution in [0.25, 0.3) is 0 Å². The average molecular weight is 266 g/mol. The van der Waals surface area contributed by atoms with Gasteiger partial charge in [0.05, 0.1) is 6.61 Å². The Labute approximate surface area is 116 Å². The van der Waals surface area contributed by atoms with Crippen molar-refractivity contribution < 1.29 is 15.3 Å². The molecule has 0 aromatic carbocycles. The van der Waals surface area contributed by atoms with Gasteiger partial charge in [-0.2, -0.15) is 0 Å². The minimum absolute atomic E-state index is 0.0744. The third kappa shape index (κ3) is 7.78. The maximum absolute atomic E-state index is 9.70. The molecule has 0 radical (unpaired) electrons. The van der Waals surface area contributed by atoms with Crippen molar-refractivity contribution in [1.82, 2.24) is 0 Å². The van der Waals surface area contributed by atoms with Crippen LogP contribution < -0.4 is 0 Å². The quantitative estimate of drug-likeness (QED) is 0.467. The molecule has 3 N–H and O–H groups in total. The van der Waals surface area contributed by atoms with E-state index in [1.165, 1.54) is 19.1 Å². The van der Waals surface area contributed by atoms with Crippen molar-refractivity contribution in [2.24, 2.45) is 5.92 Å². The molecule has 0 saturated heterocycles. The fourth-order valence-corrected chi connectivity index (χ4v) is 1.55. The van der Waals surface area contributed by atoms with Crippen molar-refractivity contribution in [1.29, 1.82) is 0 Å². The second kappa shape index (κ2) is 8.86. The molecule has 0 bridgehead atoms. The van der Waals surface area contributed by atoms with E-state index < -0.39 is 11.7 Å². The van der Waals surface area contributed by atoms with Gasteiger partial charge in [-0.25, -0.2) is 0 Å². The molecule has 3 atom stereocenters. The molecule has 0 aromatic rings. The Hall–Kier alpha value is -1.16. The van der Waals surface area contributed by atoms with E-state index in [9.17, 15) is 10.2 Å².